The quantitative estimate of drug-likeness (QED) is 0.472. The van der Waals surface area contributed by atoms with E-state index < -0.39 is 0 Å². The van der Waals surface area contributed by atoms with Crippen molar-refractivity contribution in [3.63, 3.8) is 0 Å². The van der Waals surface area contributed by atoms with Gasteiger partial charge >= 0.3 is 0 Å². The lowest BCUT2D eigenvalue weighted by Crippen LogP contribution is -2.35. The number of pyridine rings is 2. The third kappa shape index (κ3) is 4.08. The monoisotopic (exact) mass is 418 g/mol. The van der Waals surface area contributed by atoms with Crippen molar-refractivity contribution < 1.29 is 9.26 Å². The van der Waals surface area contributed by atoms with E-state index in [-0.39, 0.29) is 0 Å². The van der Waals surface area contributed by atoms with Gasteiger partial charge in [-0.15, -0.1) is 0 Å². The molecule has 8 nitrogen and oxygen atoms in total. The molecule has 5 heterocycles. The molecule has 1 aliphatic heterocycles. The SMILES string of the molecule is CCCn1cc(CN2CCOCC2)c2cc(-c3cc(-c4noc(C)n4)ccn3)ncc21. The average molecular weight is 419 g/mol. The topological polar surface area (TPSA) is 82.1 Å². The maximum absolute atomic E-state index is 5.51. The highest BCUT2D eigenvalue weighted by Crippen LogP contribution is 2.28. The van der Waals surface area contributed by atoms with Crippen molar-refractivity contribution in [2.24, 2.45) is 0 Å². The van der Waals surface area contributed by atoms with Gasteiger partial charge in [0, 0.05) is 56.4 Å². The Morgan fingerprint density at radius 1 is 1.10 bits per heavy atom. The first-order valence-corrected chi connectivity index (χ1v) is 10.8. The van der Waals surface area contributed by atoms with E-state index in [9.17, 15) is 0 Å². The van der Waals surface area contributed by atoms with E-state index in [1.54, 1.807) is 13.1 Å². The third-order valence-electron chi connectivity index (χ3n) is 5.62. The van der Waals surface area contributed by atoms with E-state index in [0.29, 0.717) is 11.7 Å². The molecule has 1 saturated heterocycles. The number of nitrogens with zero attached hydrogens (tertiary/aromatic N) is 6. The van der Waals surface area contributed by atoms with Gasteiger partial charge < -0.3 is 13.8 Å². The summed E-state index contributed by atoms with van der Waals surface area (Å²) in [4.78, 5) is 16.1. The number of aromatic nitrogens is 5. The van der Waals surface area contributed by atoms with Crippen LogP contribution in [0, 0.1) is 6.92 Å². The van der Waals surface area contributed by atoms with Crippen LogP contribution >= 0.6 is 0 Å². The molecule has 0 spiro atoms. The number of hydrogen-bond acceptors (Lipinski definition) is 7. The molecule has 4 aromatic rings. The first-order valence-electron chi connectivity index (χ1n) is 10.8. The normalized spacial score (nSPS) is 15.0. The van der Waals surface area contributed by atoms with Gasteiger partial charge in [0.2, 0.25) is 11.7 Å². The van der Waals surface area contributed by atoms with Crippen LogP contribution in [0.2, 0.25) is 0 Å². The zero-order valence-corrected chi connectivity index (χ0v) is 17.9. The van der Waals surface area contributed by atoms with Crippen molar-refractivity contribution in [1.29, 1.82) is 0 Å². The van der Waals surface area contributed by atoms with E-state index in [1.165, 1.54) is 16.5 Å². The summed E-state index contributed by atoms with van der Waals surface area (Å²) >= 11 is 0. The largest absolute Gasteiger partial charge is 0.379 e. The highest BCUT2D eigenvalue weighted by atomic mass is 16.5. The predicted octanol–water partition coefficient (Wildman–Crippen LogP) is 3.70. The van der Waals surface area contributed by atoms with Gasteiger partial charge in [-0.05, 0) is 30.2 Å². The molecule has 0 amide bonds. The van der Waals surface area contributed by atoms with Crippen molar-refractivity contribution in [3.05, 3.63) is 48.2 Å². The fourth-order valence-corrected chi connectivity index (χ4v) is 4.08. The first-order chi connectivity index (χ1) is 15.2. The second kappa shape index (κ2) is 8.56. The van der Waals surface area contributed by atoms with Gasteiger partial charge in [-0.3, -0.25) is 14.9 Å². The minimum Gasteiger partial charge on any atom is -0.379 e. The molecule has 0 bridgehead atoms. The Morgan fingerprint density at radius 3 is 2.71 bits per heavy atom. The minimum atomic E-state index is 0.540. The molecule has 1 fully saturated rings. The molecule has 0 aromatic carbocycles. The molecule has 0 saturated carbocycles. The molecule has 0 unspecified atom stereocenters. The lowest BCUT2D eigenvalue weighted by Gasteiger charge is -2.26. The molecule has 5 rings (SSSR count). The summed E-state index contributed by atoms with van der Waals surface area (Å²) in [7, 11) is 0. The van der Waals surface area contributed by atoms with E-state index in [1.807, 2.05) is 18.3 Å². The van der Waals surface area contributed by atoms with Crippen LogP contribution in [0.3, 0.4) is 0 Å². The predicted molar refractivity (Wildman–Crippen MR) is 117 cm³/mol. The summed E-state index contributed by atoms with van der Waals surface area (Å²) < 4.78 is 12.9. The second-order valence-corrected chi connectivity index (χ2v) is 7.89. The van der Waals surface area contributed by atoms with Crippen molar-refractivity contribution in [2.45, 2.75) is 33.4 Å². The van der Waals surface area contributed by atoms with Crippen molar-refractivity contribution in [3.8, 4) is 22.8 Å². The summed E-state index contributed by atoms with van der Waals surface area (Å²) in [5.41, 5.74) is 4.98. The van der Waals surface area contributed by atoms with E-state index >= 15 is 0 Å². The molecular weight excluding hydrogens is 392 g/mol. The molecule has 0 aliphatic carbocycles. The molecular formula is C23H26N6O2. The van der Waals surface area contributed by atoms with Crippen LogP contribution in [0.25, 0.3) is 33.7 Å². The maximum atomic E-state index is 5.51. The van der Waals surface area contributed by atoms with Crippen molar-refractivity contribution in [1.82, 2.24) is 29.6 Å². The van der Waals surface area contributed by atoms with Crippen LogP contribution in [0.5, 0.6) is 0 Å². The van der Waals surface area contributed by atoms with Crippen LogP contribution in [-0.4, -0.2) is 55.9 Å². The molecule has 8 heteroatoms. The fourth-order valence-electron chi connectivity index (χ4n) is 4.08. The molecule has 1 aliphatic rings. The van der Waals surface area contributed by atoms with Gasteiger partial charge in [-0.2, -0.15) is 4.98 Å². The number of aryl methyl sites for hydroxylation is 2. The van der Waals surface area contributed by atoms with Crippen LogP contribution in [-0.2, 0) is 17.8 Å². The Morgan fingerprint density at radius 2 is 1.94 bits per heavy atom. The van der Waals surface area contributed by atoms with Crippen molar-refractivity contribution >= 4 is 10.9 Å². The number of morpholine rings is 1. The lowest BCUT2D eigenvalue weighted by atomic mass is 10.1. The molecule has 0 radical (unpaired) electrons. The zero-order valence-electron chi connectivity index (χ0n) is 17.9. The van der Waals surface area contributed by atoms with Crippen LogP contribution in [0.15, 0.2) is 41.3 Å². The third-order valence-corrected chi connectivity index (χ3v) is 5.62. The van der Waals surface area contributed by atoms with Crippen LogP contribution < -0.4 is 0 Å². The van der Waals surface area contributed by atoms with Gasteiger partial charge in [0.25, 0.3) is 0 Å². The van der Waals surface area contributed by atoms with Crippen LogP contribution in [0.4, 0.5) is 0 Å². The second-order valence-electron chi connectivity index (χ2n) is 7.89. The zero-order chi connectivity index (χ0) is 21.2. The Hall–Kier alpha value is -3.10. The maximum Gasteiger partial charge on any atom is 0.223 e. The standard InChI is InChI=1S/C23H26N6O2/c1-3-6-29-15-18(14-28-7-9-30-10-8-28)19-12-21(25-13-22(19)29)20-11-17(4-5-24-20)23-26-16(2)31-27-23/h4-5,11-13,15H,3,6-10,14H2,1-2H3. The minimum absolute atomic E-state index is 0.540. The summed E-state index contributed by atoms with van der Waals surface area (Å²) in [5, 5.41) is 5.25. The summed E-state index contributed by atoms with van der Waals surface area (Å²) in [6.45, 7) is 9.40. The van der Waals surface area contributed by atoms with E-state index in [2.05, 4.69) is 43.8 Å². The van der Waals surface area contributed by atoms with Gasteiger partial charge in [0.05, 0.1) is 36.3 Å². The Kier molecular flexibility index (Phi) is 5.48. The summed E-state index contributed by atoms with van der Waals surface area (Å²) in [6.07, 6.45) is 7.09. The van der Waals surface area contributed by atoms with Gasteiger partial charge in [-0.25, -0.2) is 0 Å². The van der Waals surface area contributed by atoms with Crippen molar-refractivity contribution in [2.75, 3.05) is 26.3 Å². The Bertz CT molecular complexity index is 1190. The van der Waals surface area contributed by atoms with E-state index in [0.717, 1.165) is 62.8 Å². The fraction of sp³-hybridized carbons (Fsp3) is 0.391. The average Bonchev–Trinajstić information content (AvgIpc) is 3.38. The van der Waals surface area contributed by atoms with E-state index in [4.69, 9.17) is 14.2 Å². The molecule has 4 aromatic heterocycles. The molecule has 31 heavy (non-hydrogen) atoms. The lowest BCUT2D eigenvalue weighted by molar-refractivity contribution is 0.0343. The van der Waals surface area contributed by atoms with Crippen LogP contribution in [0.1, 0.15) is 24.8 Å². The summed E-state index contributed by atoms with van der Waals surface area (Å²) in [6, 6.07) is 6.00. The number of rotatable bonds is 6. The highest BCUT2D eigenvalue weighted by Gasteiger charge is 2.17. The van der Waals surface area contributed by atoms with Gasteiger partial charge in [0.1, 0.15) is 0 Å². The smallest absolute Gasteiger partial charge is 0.223 e. The first kappa shape index (κ1) is 19.8. The van der Waals surface area contributed by atoms with Gasteiger partial charge in [-0.1, -0.05) is 12.1 Å². The number of ether oxygens (including phenoxy) is 1. The molecule has 0 N–H and O–H groups in total. The highest BCUT2D eigenvalue weighted by molar-refractivity contribution is 5.86. The number of fused-ring (bicyclic) bond motifs is 1. The van der Waals surface area contributed by atoms with Gasteiger partial charge in [0.15, 0.2) is 0 Å². The summed E-state index contributed by atoms with van der Waals surface area (Å²) in [5.74, 6) is 1.10. The Labute approximate surface area is 180 Å². The molecule has 160 valence electrons. The Balaban J connectivity index is 1.53. The number of hydrogen-bond donors (Lipinski definition) is 0. The molecule has 0 atom stereocenters.